The number of nitrogens with zero attached hydrogens (tertiary/aromatic N) is 1. The summed E-state index contributed by atoms with van der Waals surface area (Å²) < 4.78 is 5.41. The molecule has 0 saturated heterocycles. The molecule has 0 fully saturated rings. The minimum atomic E-state index is -2.41. The van der Waals surface area contributed by atoms with E-state index in [4.69, 9.17) is 4.74 Å². The molecule has 0 aliphatic carbocycles. The Bertz CT molecular complexity index is 697. The minimum Gasteiger partial charge on any atom is -0.464 e. The van der Waals surface area contributed by atoms with Crippen molar-refractivity contribution in [2.75, 3.05) is 0 Å². The van der Waals surface area contributed by atoms with E-state index in [2.05, 4.69) is 16.4 Å². The first-order valence-electron chi connectivity index (χ1n) is 7.14. The van der Waals surface area contributed by atoms with Crippen molar-refractivity contribution < 1.29 is 9.53 Å². The van der Waals surface area contributed by atoms with Crippen molar-refractivity contribution in [2.45, 2.75) is 26.6 Å². The van der Waals surface area contributed by atoms with Crippen molar-refractivity contribution in [3.8, 4) is 11.5 Å². The van der Waals surface area contributed by atoms with Gasteiger partial charge in [-0.2, -0.15) is 0 Å². The Labute approximate surface area is 132 Å². The van der Waals surface area contributed by atoms with Gasteiger partial charge in [0.1, 0.15) is 6.61 Å². The molecule has 0 unspecified atom stereocenters. The Morgan fingerprint density at radius 3 is 2.55 bits per heavy atom. The second-order valence-electron chi connectivity index (χ2n) is 5.62. The molecule has 0 atom stereocenters. The zero-order chi connectivity index (χ0) is 16.0. The molecule has 2 rings (SSSR count). The second-order valence-corrected chi connectivity index (χ2v) is 9.53. The maximum absolute atomic E-state index is 12.2. The lowest BCUT2D eigenvalue weighted by molar-refractivity contribution is 0.164. The number of aromatic nitrogens is 1. The molecule has 0 aliphatic heterocycles. The first-order chi connectivity index (χ1) is 10.5. The van der Waals surface area contributed by atoms with E-state index in [0.29, 0.717) is 6.61 Å². The lowest BCUT2D eigenvalue weighted by Gasteiger charge is -2.13. The summed E-state index contributed by atoms with van der Waals surface area (Å²) in [5, 5.41) is 0. The summed E-state index contributed by atoms with van der Waals surface area (Å²) in [6.07, 6.45) is 1.72. The molecule has 0 radical (unpaired) electrons. The zero-order valence-electron chi connectivity index (χ0n) is 13.1. The van der Waals surface area contributed by atoms with Gasteiger partial charge < -0.3 is 4.74 Å². The highest BCUT2D eigenvalue weighted by molar-refractivity contribution is 7.08. The maximum Gasteiger partial charge on any atom is 0.286 e. The Morgan fingerprint density at radius 1 is 1.18 bits per heavy atom. The van der Waals surface area contributed by atoms with E-state index in [1.54, 1.807) is 6.20 Å². The van der Waals surface area contributed by atoms with E-state index in [0.717, 1.165) is 16.8 Å². The largest absolute Gasteiger partial charge is 0.464 e. The summed E-state index contributed by atoms with van der Waals surface area (Å²) in [6.45, 7) is 6.02. The molecule has 3 nitrogen and oxygen atoms in total. The van der Waals surface area contributed by atoms with Gasteiger partial charge in [-0.3, -0.25) is 9.78 Å². The molecule has 1 aromatic carbocycles. The van der Waals surface area contributed by atoms with Crippen LogP contribution in [-0.2, 0) is 11.3 Å². The molecule has 0 saturated carbocycles. The Hall–Kier alpha value is -2.38. The fourth-order valence-corrected chi connectivity index (χ4v) is 2.72. The monoisotopic (exact) mass is 309 g/mol. The average molecular weight is 309 g/mol. The van der Waals surface area contributed by atoms with Gasteiger partial charge in [-0.15, -0.1) is 5.54 Å². The van der Waals surface area contributed by atoms with Crippen LogP contribution in [0.1, 0.15) is 16.8 Å². The Morgan fingerprint density at radius 2 is 1.91 bits per heavy atom. The Kier molecular flexibility index (Phi) is 5.13. The van der Waals surface area contributed by atoms with Gasteiger partial charge >= 0.3 is 0 Å². The predicted octanol–water partition coefficient (Wildman–Crippen LogP) is 3.91. The fourth-order valence-electron chi connectivity index (χ4n) is 1.72. The van der Waals surface area contributed by atoms with E-state index in [1.165, 1.54) is 0 Å². The molecule has 22 heavy (non-hydrogen) atoms. The lowest BCUT2D eigenvalue weighted by atomic mass is 10.2. The molecule has 0 amide bonds. The molecular formula is C18H19NO2Si. The third-order valence-electron chi connectivity index (χ3n) is 3.15. The smallest absolute Gasteiger partial charge is 0.286 e. The summed E-state index contributed by atoms with van der Waals surface area (Å²) in [6, 6.07) is 13.5. The van der Waals surface area contributed by atoms with Crippen molar-refractivity contribution in [3.63, 3.8) is 0 Å². The highest BCUT2D eigenvalue weighted by atomic mass is 28.3. The van der Waals surface area contributed by atoms with E-state index in [9.17, 15) is 4.79 Å². The van der Waals surface area contributed by atoms with Gasteiger partial charge in [0.05, 0.1) is 0 Å². The third kappa shape index (κ3) is 4.57. The molecule has 1 heterocycles. The molecular weight excluding hydrogens is 290 g/mol. The van der Waals surface area contributed by atoms with E-state index in [1.807, 2.05) is 62.5 Å². The highest BCUT2D eigenvalue weighted by Gasteiger charge is 2.31. The van der Waals surface area contributed by atoms with Crippen molar-refractivity contribution in [3.05, 3.63) is 65.5 Å². The van der Waals surface area contributed by atoms with Gasteiger partial charge in [0, 0.05) is 17.5 Å². The summed E-state index contributed by atoms with van der Waals surface area (Å²) in [7, 11) is -2.41. The van der Waals surface area contributed by atoms with Crippen LogP contribution in [0, 0.1) is 18.4 Å². The van der Waals surface area contributed by atoms with Crippen LogP contribution < -0.4 is 0 Å². The van der Waals surface area contributed by atoms with Gasteiger partial charge in [0.15, 0.2) is 0 Å². The van der Waals surface area contributed by atoms with E-state index >= 15 is 0 Å². The van der Waals surface area contributed by atoms with Crippen LogP contribution in [0.25, 0.3) is 0 Å². The van der Waals surface area contributed by atoms with Crippen LogP contribution >= 0.6 is 0 Å². The quantitative estimate of drug-likeness (QED) is 0.637. The summed E-state index contributed by atoms with van der Waals surface area (Å²) in [4.78, 5) is 16.4. The second kappa shape index (κ2) is 7.06. The number of hydrogen-bond donors (Lipinski definition) is 0. The average Bonchev–Trinajstić information content (AvgIpc) is 2.53. The molecule has 0 bridgehead atoms. The normalized spacial score (nSPS) is 10.5. The molecule has 4 heteroatoms. The molecule has 1 aromatic heterocycles. The first kappa shape index (κ1) is 16.0. The van der Waals surface area contributed by atoms with Gasteiger partial charge in [-0.25, -0.2) is 0 Å². The van der Waals surface area contributed by atoms with Crippen LogP contribution in [0.5, 0.6) is 0 Å². The molecule has 0 N–H and O–H groups in total. The maximum atomic E-state index is 12.2. The highest BCUT2D eigenvalue weighted by Crippen LogP contribution is 2.09. The van der Waals surface area contributed by atoms with Crippen LogP contribution in [0.2, 0.25) is 13.1 Å². The number of pyridine rings is 1. The first-order valence-corrected chi connectivity index (χ1v) is 10.1. The zero-order valence-corrected chi connectivity index (χ0v) is 14.1. The summed E-state index contributed by atoms with van der Waals surface area (Å²) in [5.41, 5.74) is 5.67. The summed E-state index contributed by atoms with van der Waals surface area (Å²) >= 11 is 0. The topological polar surface area (TPSA) is 39.2 Å². The van der Waals surface area contributed by atoms with Crippen molar-refractivity contribution in [2.24, 2.45) is 0 Å². The Balaban J connectivity index is 2.00. The van der Waals surface area contributed by atoms with Gasteiger partial charge in [0.2, 0.25) is 0 Å². The SMILES string of the molecule is Cc1ccc(C#C[Si](C)(C)C(=O)OCc2ccccc2)cn1. The van der Waals surface area contributed by atoms with Gasteiger partial charge in [-0.05, 0) is 37.7 Å². The fraction of sp³-hybridized carbons (Fsp3) is 0.222. The van der Waals surface area contributed by atoms with Crippen LogP contribution in [0.15, 0.2) is 48.7 Å². The molecule has 0 spiro atoms. The molecule has 0 aliphatic rings. The van der Waals surface area contributed by atoms with Gasteiger partial charge in [-0.1, -0.05) is 36.3 Å². The van der Waals surface area contributed by atoms with Crippen molar-refractivity contribution in [1.29, 1.82) is 0 Å². The van der Waals surface area contributed by atoms with Crippen molar-refractivity contribution >= 4 is 13.7 Å². The lowest BCUT2D eigenvalue weighted by Crippen LogP contribution is -2.36. The van der Waals surface area contributed by atoms with Crippen LogP contribution in [0.4, 0.5) is 4.79 Å². The number of carbonyl (C=O) groups excluding carboxylic acids is 1. The molecule has 2 aromatic rings. The molecule has 112 valence electrons. The van der Waals surface area contributed by atoms with Gasteiger partial charge in [0.25, 0.3) is 13.7 Å². The number of hydrogen-bond acceptors (Lipinski definition) is 3. The number of carbonyl (C=O) groups is 1. The van der Waals surface area contributed by atoms with Crippen LogP contribution in [0.3, 0.4) is 0 Å². The standard InChI is InChI=1S/C18H19NO2Si/c1-15-9-10-16(13-19-15)11-12-22(2,3)18(20)21-14-17-7-5-4-6-8-17/h4-10,13H,14H2,1-3H3. The van der Waals surface area contributed by atoms with E-state index < -0.39 is 8.07 Å². The van der Waals surface area contributed by atoms with Crippen molar-refractivity contribution in [1.82, 2.24) is 4.98 Å². The predicted molar refractivity (Wildman–Crippen MR) is 90.0 cm³/mol. The number of benzene rings is 1. The van der Waals surface area contributed by atoms with Crippen LogP contribution in [-0.4, -0.2) is 18.7 Å². The summed E-state index contributed by atoms with van der Waals surface area (Å²) in [5.74, 6) is 3.04. The minimum absolute atomic E-state index is 0.191. The van der Waals surface area contributed by atoms with E-state index in [-0.39, 0.29) is 5.59 Å². The third-order valence-corrected chi connectivity index (χ3v) is 5.07. The number of ether oxygens (including phenoxy) is 1. The number of rotatable bonds is 3. The number of aryl methyl sites for hydroxylation is 1.